The number of aryl methyl sites for hydroxylation is 1. The predicted octanol–water partition coefficient (Wildman–Crippen LogP) is 1.13. The summed E-state index contributed by atoms with van der Waals surface area (Å²) < 4.78 is 2.08. The minimum absolute atomic E-state index is 0.211. The molecule has 0 aromatic carbocycles. The smallest absolute Gasteiger partial charge is 0.188 e. The molecule has 0 radical (unpaired) electrons. The topological polar surface area (TPSA) is 20.9 Å². The van der Waals surface area contributed by atoms with Crippen molar-refractivity contribution in [2.24, 2.45) is 0 Å². The maximum atomic E-state index is 10.9. The highest BCUT2D eigenvalue weighted by Crippen LogP contribution is 1.93. The standard InChI is InChI=1S/C10H14NO/c1-3-11-7-5-4-6-10(11)8-9(2)12/h4-7H,3,8H2,1-2H3/q+1. The molecule has 1 rings (SSSR count). The number of ketones is 1. The molecule has 2 heteroatoms. The number of aromatic nitrogens is 1. The number of hydrogen-bond donors (Lipinski definition) is 0. The lowest BCUT2D eigenvalue weighted by molar-refractivity contribution is -0.700. The fourth-order valence-corrected chi connectivity index (χ4v) is 1.24. The summed E-state index contributed by atoms with van der Waals surface area (Å²) in [6.45, 7) is 4.61. The van der Waals surface area contributed by atoms with E-state index < -0.39 is 0 Å². The highest BCUT2D eigenvalue weighted by Gasteiger charge is 2.08. The Morgan fingerprint density at radius 2 is 2.25 bits per heavy atom. The molecule has 0 saturated carbocycles. The maximum Gasteiger partial charge on any atom is 0.188 e. The van der Waals surface area contributed by atoms with Crippen molar-refractivity contribution in [3.63, 3.8) is 0 Å². The van der Waals surface area contributed by atoms with Crippen molar-refractivity contribution in [3.05, 3.63) is 30.1 Å². The Morgan fingerprint density at radius 1 is 1.50 bits per heavy atom. The Kier molecular flexibility index (Phi) is 2.97. The Morgan fingerprint density at radius 3 is 2.83 bits per heavy atom. The third-order valence-corrected chi connectivity index (χ3v) is 1.81. The van der Waals surface area contributed by atoms with E-state index in [1.807, 2.05) is 24.4 Å². The molecule has 0 amide bonds. The van der Waals surface area contributed by atoms with Gasteiger partial charge in [0.1, 0.15) is 12.3 Å². The fraction of sp³-hybridized carbons (Fsp3) is 0.400. The van der Waals surface area contributed by atoms with Crippen molar-refractivity contribution >= 4 is 5.78 Å². The molecular weight excluding hydrogens is 150 g/mol. The van der Waals surface area contributed by atoms with E-state index in [4.69, 9.17) is 0 Å². The van der Waals surface area contributed by atoms with Crippen LogP contribution in [0.4, 0.5) is 0 Å². The number of carbonyl (C=O) groups is 1. The number of Topliss-reactive ketones (excluding diaryl/α,β-unsaturated/α-hetero) is 1. The van der Waals surface area contributed by atoms with Gasteiger partial charge in [-0.3, -0.25) is 4.79 Å². The van der Waals surface area contributed by atoms with Crippen molar-refractivity contribution in [1.82, 2.24) is 0 Å². The molecule has 0 unspecified atom stereocenters. The van der Waals surface area contributed by atoms with Crippen molar-refractivity contribution < 1.29 is 9.36 Å². The Hall–Kier alpha value is -1.18. The molecule has 1 aromatic rings. The van der Waals surface area contributed by atoms with Crippen LogP contribution in [-0.2, 0) is 17.8 Å². The van der Waals surface area contributed by atoms with E-state index in [0.29, 0.717) is 6.42 Å². The van der Waals surface area contributed by atoms with E-state index in [2.05, 4.69) is 11.5 Å². The van der Waals surface area contributed by atoms with E-state index in [1.54, 1.807) is 6.92 Å². The van der Waals surface area contributed by atoms with Crippen molar-refractivity contribution in [2.45, 2.75) is 26.8 Å². The van der Waals surface area contributed by atoms with Crippen LogP contribution >= 0.6 is 0 Å². The molecule has 0 N–H and O–H groups in total. The van der Waals surface area contributed by atoms with E-state index in [0.717, 1.165) is 12.2 Å². The van der Waals surface area contributed by atoms with E-state index >= 15 is 0 Å². The molecule has 64 valence electrons. The number of hydrogen-bond acceptors (Lipinski definition) is 1. The molecule has 0 aliphatic heterocycles. The zero-order valence-electron chi connectivity index (χ0n) is 7.58. The van der Waals surface area contributed by atoms with Gasteiger partial charge in [-0.05, 0) is 13.8 Å². The Labute approximate surface area is 72.8 Å². The highest BCUT2D eigenvalue weighted by atomic mass is 16.1. The lowest BCUT2D eigenvalue weighted by Gasteiger charge is -1.97. The van der Waals surface area contributed by atoms with Crippen LogP contribution in [0.1, 0.15) is 19.5 Å². The quantitative estimate of drug-likeness (QED) is 0.613. The Balaban J connectivity index is 2.89. The molecule has 0 bridgehead atoms. The first-order valence-corrected chi connectivity index (χ1v) is 4.21. The minimum atomic E-state index is 0.211. The van der Waals surface area contributed by atoms with E-state index in [9.17, 15) is 4.79 Å². The van der Waals surface area contributed by atoms with Gasteiger partial charge in [-0.15, -0.1) is 0 Å². The SMILES string of the molecule is CC[n+]1ccccc1CC(C)=O. The summed E-state index contributed by atoms with van der Waals surface area (Å²) in [6.07, 6.45) is 2.53. The van der Waals surface area contributed by atoms with E-state index in [-0.39, 0.29) is 5.78 Å². The largest absolute Gasteiger partial charge is 0.299 e. The predicted molar refractivity (Wildman–Crippen MR) is 46.7 cm³/mol. The van der Waals surface area contributed by atoms with Crippen LogP contribution in [0, 0.1) is 0 Å². The summed E-state index contributed by atoms with van der Waals surface area (Å²) in [6, 6.07) is 5.93. The van der Waals surface area contributed by atoms with Gasteiger partial charge in [-0.1, -0.05) is 6.07 Å². The van der Waals surface area contributed by atoms with Crippen LogP contribution in [0.15, 0.2) is 24.4 Å². The van der Waals surface area contributed by atoms with Crippen LogP contribution < -0.4 is 4.57 Å². The average molecular weight is 164 g/mol. The van der Waals surface area contributed by atoms with Crippen LogP contribution in [0.2, 0.25) is 0 Å². The van der Waals surface area contributed by atoms with Gasteiger partial charge in [-0.25, -0.2) is 4.57 Å². The van der Waals surface area contributed by atoms with Gasteiger partial charge in [0, 0.05) is 12.1 Å². The van der Waals surface area contributed by atoms with Gasteiger partial charge in [-0.2, -0.15) is 0 Å². The van der Waals surface area contributed by atoms with Crippen LogP contribution in [0.5, 0.6) is 0 Å². The normalized spacial score (nSPS) is 9.83. The van der Waals surface area contributed by atoms with Crippen molar-refractivity contribution in [2.75, 3.05) is 0 Å². The lowest BCUT2D eigenvalue weighted by Crippen LogP contribution is -2.37. The zero-order chi connectivity index (χ0) is 8.97. The van der Waals surface area contributed by atoms with Gasteiger partial charge < -0.3 is 0 Å². The summed E-state index contributed by atoms with van der Waals surface area (Å²) in [5.74, 6) is 0.211. The first-order valence-electron chi connectivity index (χ1n) is 4.21. The summed E-state index contributed by atoms with van der Waals surface area (Å²) in [5, 5.41) is 0. The first kappa shape index (κ1) is 8.91. The van der Waals surface area contributed by atoms with E-state index in [1.165, 1.54) is 0 Å². The van der Waals surface area contributed by atoms with Gasteiger partial charge in [0.25, 0.3) is 0 Å². The van der Waals surface area contributed by atoms with Gasteiger partial charge >= 0.3 is 0 Å². The highest BCUT2D eigenvalue weighted by molar-refractivity contribution is 5.77. The second-order valence-corrected chi connectivity index (χ2v) is 2.86. The molecule has 0 aliphatic carbocycles. The van der Waals surface area contributed by atoms with Gasteiger partial charge in [0.05, 0.1) is 6.42 Å². The zero-order valence-corrected chi connectivity index (χ0v) is 7.58. The number of carbonyl (C=O) groups excluding carboxylic acids is 1. The lowest BCUT2D eigenvalue weighted by atomic mass is 10.2. The maximum absolute atomic E-state index is 10.9. The summed E-state index contributed by atoms with van der Waals surface area (Å²) in [7, 11) is 0. The number of nitrogens with zero attached hydrogens (tertiary/aromatic N) is 1. The molecule has 1 heterocycles. The van der Waals surface area contributed by atoms with Crippen molar-refractivity contribution in [1.29, 1.82) is 0 Å². The van der Waals surface area contributed by atoms with Gasteiger partial charge in [0.2, 0.25) is 0 Å². The third-order valence-electron chi connectivity index (χ3n) is 1.81. The second-order valence-electron chi connectivity index (χ2n) is 2.86. The third kappa shape index (κ3) is 2.16. The van der Waals surface area contributed by atoms with Crippen molar-refractivity contribution in [3.8, 4) is 0 Å². The van der Waals surface area contributed by atoms with Crippen LogP contribution in [0.25, 0.3) is 0 Å². The molecule has 0 atom stereocenters. The molecule has 1 aromatic heterocycles. The average Bonchev–Trinajstić information content (AvgIpc) is 2.04. The molecular formula is C10H14NO+. The minimum Gasteiger partial charge on any atom is -0.299 e. The van der Waals surface area contributed by atoms with Gasteiger partial charge in [0.15, 0.2) is 11.9 Å². The van der Waals surface area contributed by atoms with Crippen LogP contribution in [-0.4, -0.2) is 5.78 Å². The van der Waals surface area contributed by atoms with Crippen LogP contribution in [0.3, 0.4) is 0 Å². The monoisotopic (exact) mass is 164 g/mol. The molecule has 12 heavy (non-hydrogen) atoms. The number of pyridine rings is 1. The summed E-state index contributed by atoms with van der Waals surface area (Å²) >= 11 is 0. The Bertz CT molecular complexity index is 281. The molecule has 2 nitrogen and oxygen atoms in total. The second kappa shape index (κ2) is 4.00. The first-order chi connectivity index (χ1) is 5.74. The fourth-order valence-electron chi connectivity index (χ4n) is 1.24. The number of rotatable bonds is 3. The summed E-state index contributed by atoms with van der Waals surface area (Å²) in [5.41, 5.74) is 1.09. The molecule has 0 aliphatic rings. The summed E-state index contributed by atoms with van der Waals surface area (Å²) in [4.78, 5) is 10.9. The molecule has 0 saturated heterocycles. The molecule has 0 spiro atoms. The molecule has 0 fully saturated rings.